The molecule has 2 aliphatic heterocycles. The number of hydrogen-bond donors (Lipinski definition) is 1. The summed E-state index contributed by atoms with van der Waals surface area (Å²) in [6.45, 7) is 7.47. The van der Waals surface area contributed by atoms with Gasteiger partial charge >= 0.3 is 0 Å². The van der Waals surface area contributed by atoms with Crippen molar-refractivity contribution in [1.82, 2.24) is 10.2 Å². The highest BCUT2D eigenvalue weighted by atomic mass is 16.2. The lowest BCUT2D eigenvalue weighted by Crippen LogP contribution is -2.62. The van der Waals surface area contributed by atoms with Crippen LogP contribution in [0.25, 0.3) is 0 Å². The summed E-state index contributed by atoms with van der Waals surface area (Å²) in [5.41, 5.74) is 2.29. The Labute approximate surface area is 195 Å². The predicted octanol–water partition coefficient (Wildman–Crippen LogP) is 3.56. The van der Waals surface area contributed by atoms with Crippen LogP contribution in [0, 0.1) is 13.8 Å². The Hall–Kier alpha value is -3.22. The van der Waals surface area contributed by atoms with E-state index in [1.165, 1.54) is 4.90 Å². The second-order valence-electron chi connectivity index (χ2n) is 9.63. The van der Waals surface area contributed by atoms with Crippen molar-refractivity contribution in [3.05, 3.63) is 53.3 Å². The molecule has 1 N–H and O–H groups in total. The molecule has 1 atom stereocenters. The van der Waals surface area contributed by atoms with Crippen LogP contribution in [-0.4, -0.2) is 46.6 Å². The van der Waals surface area contributed by atoms with Gasteiger partial charge in [-0.2, -0.15) is 4.99 Å². The summed E-state index contributed by atoms with van der Waals surface area (Å²) in [6.07, 6.45) is 9.62. The molecule has 0 aromatic heterocycles. The number of allylic oxidation sites excluding steroid dienone is 2. The van der Waals surface area contributed by atoms with Crippen molar-refractivity contribution in [1.29, 1.82) is 0 Å². The molecule has 3 amide bonds. The molecule has 0 radical (unpaired) electrons. The number of rotatable bonds is 5. The Bertz CT molecular complexity index is 1060. The second-order valence-corrected chi connectivity index (χ2v) is 9.63. The van der Waals surface area contributed by atoms with E-state index in [-0.39, 0.29) is 36.7 Å². The van der Waals surface area contributed by atoms with Crippen molar-refractivity contribution >= 4 is 29.2 Å². The van der Waals surface area contributed by atoms with E-state index in [1.54, 1.807) is 18.0 Å². The first-order chi connectivity index (χ1) is 15.7. The van der Waals surface area contributed by atoms with Crippen molar-refractivity contribution in [3.8, 4) is 0 Å². The van der Waals surface area contributed by atoms with E-state index < -0.39 is 5.54 Å². The van der Waals surface area contributed by atoms with Gasteiger partial charge in [-0.1, -0.05) is 25.0 Å². The Kier molecular flexibility index (Phi) is 6.23. The molecular weight excluding hydrogens is 416 g/mol. The largest absolute Gasteiger partial charge is 0.352 e. The third kappa shape index (κ3) is 4.63. The first kappa shape index (κ1) is 23.0. The molecule has 174 valence electrons. The summed E-state index contributed by atoms with van der Waals surface area (Å²) in [4.78, 5) is 47.3. The lowest BCUT2D eigenvalue weighted by atomic mass is 9.89. The molecule has 2 heterocycles. The van der Waals surface area contributed by atoms with Crippen LogP contribution in [0.3, 0.4) is 0 Å². The van der Waals surface area contributed by atoms with E-state index in [9.17, 15) is 14.4 Å². The summed E-state index contributed by atoms with van der Waals surface area (Å²) in [7, 11) is 0. The number of amidine groups is 1. The fraction of sp³-hybridized carbons (Fsp3) is 0.462. The van der Waals surface area contributed by atoms with Gasteiger partial charge in [-0.25, -0.2) is 0 Å². The molecule has 7 heteroatoms. The van der Waals surface area contributed by atoms with E-state index in [1.807, 2.05) is 51.1 Å². The first-order valence-corrected chi connectivity index (χ1v) is 11.6. The van der Waals surface area contributed by atoms with Gasteiger partial charge in [0.2, 0.25) is 5.91 Å². The smallest absolute Gasteiger partial charge is 0.254 e. The number of fused-ring (bicyclic) bond motifs is 1. The molecule has 4 rings (SSSR count). The Balaban J connectivity index is 1.69. The van der Waals surface area contributed by atoms with Crippen molar-refractivity contribution < 1.29 is 14.4 Å². The molecule has 0 unspecified atom stereocenters. The monoisotopic (exact) mass is 448 g/mol. The van der Waals surface area contributed by atoms with E-state index in [2.05, 4.69) is 10.3 Å². The van der Waals surface area contributed by atoms with Gasteiger partial charge in [-0.05, 0) is 75.4 Å². The maximum atomic E-state index is 14.2. The number of nitrogens with one attached hydrogen (secondary N) is 1. The number of hydrogen-bond acceptors (Lipinski definition) is 4. The van der Waals surface area contributed by atoms with Gasteiger partial charge < -0.3 is 15.1 Å². The number of benzene rings is 1. The van der Waals surface area contributed by atoms with Crippen LogP contribution in [0.5, 0.6) is 0 Å². The average Bonchev–Trinajstić information content (AvgIpc) is 3.24. The summed E-state index contributed by atoms with van der Waals surface area (Å²) in [5, 5.41) is 3.09. The van der Waals surface area contributed by atoms with Crippen molar-refractivity contribution in [2.45, 2.75) is 71.4 Å². The summed E-state index contributed by atoms with van der Waals surface area (Å²) < 4.78 is 0. The molecule has 1 aromatic rings. The molecule has 0 spiro atoms. The summed E-state index contributed by atoms with van der Waals surface area (Å²) >= 11 is 0. The van der Waals surface area contributed by atoms with Crippen molar-refractivity contribution in [2.24, 2.45) is 4.99 Å². The predicted molar refractivity (Wildman–Crippen MR) is 129 cm³/mol. The van der Waals surface area contributed by atoms with Gasteiger partial charge in [0.25, 0.3) is 11.8 Å². The van der Waals surface area contributed by atoms with Gasteiger partial charge in [0.1, 0.15) is 17.9 Å². The van der Waals surface area contributed by atoms with Crippen LogP contribution in [0.15, 0.2) is 47.1 Å². The third-order valence-corrected chi connectivity index (χ3v) is 6.67. The fourth-order valence-corrected chi connectivity index (χ4v) is 5.03. The number of aliphatic imine (C=N–C) groups is 1. The molecule has 1 aliphatic carbocycles. The zero-order valence-corrected chi connectivity index (χ0v) is 19.9. The highest BCUT2D eigenvalue weighted by Crippen LogP contribution is 2.33. The zero-order chi connectivity index (χ0) is 23.8. The van der Waals surface area contributed by atoms with Crippen LogP contribution in [0.2, 0.25) is 0 Å². The Morgan fingerprint density at radius 2 is 1.82 bits per heavy atom. The van der Waals surface area contributed by atoms with Gasteiger partial charge in [0.15, 0.2) is 0 Å². The van der Waals surface area contributed by atoms with Crippen molar-refractivity contribution in [2.75, 3.05) is 11.4 Å². The maximum Gasteiger partial charge on any atom is 0.254 e. The second kappa shape index (κ2) is 8.96. The minimum absolute atomic E-state index is 0.0570. The number of anilines is 1. The lowest BCUT2D eigenvalue weighted by Gasteiger charge is -2.45. The highest BCUT2D eigenvalue weighted by Gasteiger charge is 2.48. The molecule has 3 aliphatic rings. The molecule has 1 fully saturated rings. The average molecular weight is 449 g/mol. The number of aryl methyl sites for hydroxylation is 2. The van der Waals surface area contributed by atoms with Crippen LogP contribution >= 0.6 is 0 Å². The molecule has 7 nitrogen and oxygen atoms in total. The maximum absolute atomic E-state index is 14.2. The fourth-order valence-electron chi connectivity index (χ4n) is 5.03. The molecule has 1 saturated carbocycles. The Morgan fingerprint density at radius 3 is 2.48 bits per heavy atom. The summed E-state index contributed by atoms with van der Waals surface area (Å²) in [6, 6.07) is 6.02. The Morgan fingerprint density at radius 1 is 1.15 bits per heavy atom. The van der Waals surface area contributed by atoms with E-state index in [0.717, 1.165) is 42.4 Å². The van der Waals surface area contributed by atoms with E-state index in [4.69, 9.17) is 0 Å². The van der Waals surface area contributed by atoms with E-state index in [0.29, 0.717) is 11.5 Å². The number of carbonyl (C=O) groups excluding carboxylic acids is 3. The van der Waals surface area contributed by atoms with Crippen LogP contribution in [0.4, 0.5) is 5.69 Å². The quantitative estimate of drug-likeness (QED) is 0.747. The molecule has 0 bridgehead atoms. The third-order valence-electron chi connectivity index (χ3n) is 6.67. The first-order valence-electron chi connectivity index (χ1n) is 11.6. The van der Waals surface area contributed by atoms with Gasteiger partial charge in [0.05, 0.1) is 6.42 Å². The topological polar surface area (TPSA) is 82.1 Å². The lowest BCUT2D eigenvalue weighted by molar-refractivity contribution is -0.133. The van der Waals surface area contributed by atoms with Crippen LogP contribution in [0.1, 0.15) is 57.1 Å². The highest BCUT2D eigenvalue weighted by molar-refractivity contribution is 6.15. The summed E-state index contributed by atoms with van der Waals surface area (Å²) in [5.74, 6) is -0.329. The minimum Gasteiger partial charge on any atom is -0.352 e. The number of carbonyl (C=O) groups is 3. The van der Waals surface area contributed by atoms with Gasteiger partial charge in [0, 0.05) is 17.9 Å². The SMILES string of the molecule is CC1=CC=CN2C1=NC(=O)C[C@@]2(C)C(=O)N(CC(=O)NC1CCCC1)c1cc(C)cc(C)c1. The molecular formula is C26H32N4O3. The van der Waals surface area contributed by atoms with E-state index >= 15 is 0 Å². The zero-order valence-electron chi connectivity index (χ0n) is 19.9. The van der Waals surface area contributed by atoms with Gasteiger partial charge in [-0.3, -0.25) is 14.4 Å². The van der Waals surface area contributed by atoms with Crippen LogP contribution in [-0.2, 0) is 14.4 Å². The van der Waals surface area contributed by atoms with Gasteiger partial charge in [-0.15, -0.1) is 0 Å². The standard InChI is InChI=1S/C26H32N4O3/c1-17-12-18(2)14-21(13-17)29(16-23(32)27-20-9-5-6-10-20)25(33)26(4)15-22(31)28-24-19(3)8-7-11-30(24)26/h7-8,11-14,20H,5-6,9-10,15-16H2,1-4H3,(H,27,32)/t26-/m0/s1. The molecule has 1 aromatic carbocycles. The minimum atomic E-state index is -1.19. The normalized spacial score (nSPS) is 22.5. The van der Waals surface area contributed by atoms with Crippen LogP contribution < -0.4 is 10.2 Å². The van der Waals surface area contributed by atoms with Crippen molar-refractivity contribution in [3.63, 3.8) is 0 Å². The number of nitrogens with zero attached hydrogens (tertiary/aromatic N) is 3. The molecule has 33 heavy (non-hydrogen) atoms. The number of amides is 3. The molecule has 0 saturated heterocycles.